The molecule has 0 aromatic heterocycles. The lowest BCUT2D eigenvalue weighted by Gasteiger charge is -2.03. The van der Waals surface area contributed by atoms with Gasteiger partial charge < -0.3 is 5.11 Å². The van der Waals surface area contributed by atoms with Crippen LogP contribution in [0, 0.1) is 0 Å². The fourth-order valence-corrected chi connectivity index (χ4v) is 5.12. The predicted molar refractivity (Wildman–Crippen MR) is 149 cm³/mol. The molecule has 0 radical (unpaired) electrons. The molecular weight excluding hydrogens is 632 g/mol. The maximum Gasteiger partial charge on any atom is 0.300 e. The van der Waals surface area contributed by atoms with E-state index in [9.17, 15) is 8.42 Å². The van der Waals surface area contributed by atoms with Crippen molar-refractivity contribution in [2.45, 2.75) is 26.5 Å². The maximum atomic E-state index is 12.1. The number of aliphatic carboxylic acids is 1. The number of hydrogen-bond acceptors (Lipinski definition) is 6. The molecule has 0 unspecified atom stereocenters. The second kappa shape index (κ2) is 17.1. The zero-order valence-corrected chi connectivity index (χ0v) is 23.8. The summed E-state index contributed by atoms with van der Waals surface area (Å²) in [4.78, 5) is 12.2. The summed E-state index contributed by atoms with van der Waals surface area (Å²) in [5, 5.41) is 19.4. The topological polar surface area (TPSA) is 112 Å². The molecule has 4 rings (SSSR count). The third kappa shape index (κ3) is 12.0. The quantitative estimate of drug-likeness (QED) is 0.151. The monoisotopic (exact) mass is 654 g/mol. The van der Waals surface area contributed by atoms with E-state index < -0.39 is 15.8 Å². The SMILES string of the molecule is Brc1ccc(Sc2ccccc2)cc1.CC(=O)O.O=S(=O)(c1ccccc1)c1ccc(Br)cc1.OO. The first kappa shape index (κ1) is 31.6. The van der Waals surface area contributed by atoms with Crippen LogP contribution in [0.2, 0.25) is 0 Å². The van der Waals surface area contributed by atoms with E-state index in [4.69, 9.17) is 20.4 Å². The molecule has 4 aromatic carbocycles. The molecule has 6 nitrogen and oxygen atoms in total. The summed E-state index contributed by atoms with van der Waals surface area (Å²) in [6.45, 7) is 1.08. The molecule has 0 atom stereocenters. The summed E-state index contributed by atoms with van der Waals surface area (Å²) in [5.74, 6) is -0.833. The van der Waals surface area contributed by atoms with Gasteiger partial charge in [-0.15, -0.1) is 0 Å². The van der Waals surface area contributed by atoms with E-state index in [1.807, 2.05) is 6.07 Å². The normalized spacial score (nSPS) is 9.81. The van der Waals surface area contributed by atoms with E-state index in [0.717, 1.165) is 15.9 Å². The molecule has 0 saturated carbocycles. The first-order valence-corrected chi connectivity index (χ1v) is 14.0. The Hall–Kier alpha value is -2.47. The number of rotatable bonds is 4. The molecule has 0 bridgehead atoms. The van der Waals surface area contributed by atoms with Crippen LogP contribution in [0.5, 0.6) is 0 Å². The molecule has 0 aliphatic rings. The fourth-order valence-electron chi connectivity index (χ4n) is 2.48. The number of carboxylic acids is 1. The van der Waals surface area contributed by atoms with Gasteiger partial charge in [-0.05, 0) is 72.8 Å². The van der Waals surface area contributed by atoms with Gasteiger partial charge in [0.05, 0.1) is 9.79 Å². The van der Waals surface area contributed by atoms with E-state index in [1.165, 1.54) is 9.79 Å². The smallest absolute Gasteiger partial charge is 0.300 e. The molecular formula is C26H24Br2O6S2. The lowest BCUT2D eigenvalue weighted by atomic mass is 10.4. The van der Waals surface area contributed by atoms with E-state index >= 15 is 0 Å². The summed E-state index contributed by atoms with van der Waals surface area (Å²) in [6.07, 6.45) is 0. The van der Waals surface area contributed by atoms with E-state index in [0.29, 0.717) is 9.79 Å². The highest BCUT2D eigenvalue weighted by atomic mass is 79.9. The second-order valence-electron chi connectivity index (χ2n) is 6.66. The van der Waals surface area contributed by atoms with Crippen LogP contribution < -0.4 is 0 Å². The molecule has 4 aromatic rings. The molecule has 0 spiro atoms. The van der Waals surface area contributed by atoms with Crippen LogP contribution in [0.1, 0.15) is 6.92 Å². The van der Waals surface area contributed by atoms with Crippen molar-refractivity contribution in [1.29, 1.82) is 0 Å². The van der Waals surface area contributed by atoms with E-state index in [-0.39, 0.29) is 0 Å². The molecule has 0 saturated heterocycles. The zero-order chi connectivity index (χ0) is 27.0. The number of hydrogen-bond donors (Lipinski definition) is 3. The molecule has 3 N–H and O–H groups in total. The predicted octanol–water partition coefficient (Wildman–Crippen LogP) is 7.99. The minimum absolute atomic E-state index is 0.307. The van der Waals surface area contributed by atoms with Crippen molar-refractivity contribution in [3.05, 3.63) is 118 Å². The molecule has 190 valence electrons. The minimum Gasteiger partial charge on any atom is -0.481 e. The van der Waals surface area contributed by atoms with Gasteiger partial charge in [0.1, 0.15) is 0 Å². The Morgan fingerprint density at radius 3 is 1.42 bits per heavy atom. The Morgan fingerprint density at radius 1 is 0.639 bits per heavy atom. The highest BCUT2D eigenvalue weighted by Crippen LogP contribution is 2.28. The third-order valence-corrected chi connectivity index (χ3v) is 7.83. The number of benzene rings is 4. The molecule has 0 fully saturated rings. The van der Waals surface area contributed by atoms with Crippen LogP contribution in [-0.2, 0) is 14.6 Å². The van der Waals surface area contributed by atoms with Gasteiger partial charge in [-0.2, -0.15) is 0 Å². The molecule has 10 heteroatoms. The Labute approximate surface area is 231 Å². The molecule has 36 heavy (non-hydrogen) atoms. The van der Waals surface area contributed by atoms with Crippen molar-refractivity contribution in [1.82, 2.24) is 0 Å². The lowest BCUT2D eigenvalue weighted by Crippen LogP contribution is -2.01. The average Bonchev–Trinajstić information content (AvgIpc) is 2.88. The summed E-state index contributed by atoms with van der Waals surface area (Å²) in [6, 6.07) is 33.8. The first-order chi connectivity index (χ1) is 17.2. The van der Waals surface area contributed by atoms with Crippen LogP contribution in [0.3, 0.4) is 0 Å². The third-order valence-electron chi connectivity index (χ3n) is 3.97. The summed E-state index contributed by atoms with van der Waals surface area (Å²) < 4.78 is 26.2. The summed E-state index contributed by atoms with van der Waals surface area (Å²) in [5.41, 5.74) is 0. The van der Waals surface area contributed by atoms with Crippen molar-refractivity contribution >= 4 is 59.4 Å². The highest BCUT2D eigenvalue weighted by Gasteiger charge is 2.16. The largest absolute Gasteiger partial charge is 0.481 e. The summed E-state index contributed by atoms with van der Waals surface area (Å²) >= 11 is 8.47. The lowest BCUT2D eigenvalue weighted by molar-refractivity contribution is -0.176. The van der Waals surface area contributed by atoms with Crippen molar-refractivity contribution in [2.24, 2.45) is 0 Å². The maximum absolute atomic E-state index is 12.1. The van der Waals surface area contributed by atoms with E-state index in [2.05, 4.69) is 80.4 Å². The Balaban J connectivity index is 0.000000298. The van der Waals surface area contributed by atoms with Crippen LogP contribution in [-0.4, -0.2) is 30.0 Å². The number of carboxylic acid groups (broad SMARTS) is 1. The average molecular weight is 656 g/mol. The first-order valence-electron chi connectivity index (χ1n) is 10.1. The van der Waals surface area contributed by atoms with Gasteiger partial charge in [-0.25, -0.2) is 8.42 Å². The Bertz CT molecular complexity index is 1260. The van der Waals surface area contributed by atoms with Crippen molar-refractivity contribution in [3.8, 4) is 0 Å². The van der Waals surface area contributed by atoms with Crippen LogP contribution >= 0.6 is 43.6 Å². The highest BCUT2D eigenvalue weighted by molar-refractivity contribution is 9.10. The van der Waals surface area contributed by atoms with Crippen LogP contribution in [0.25, 0.3) is 0 Å². The molecule has 0 amide bonds. The van der Waals surface area contributed by atoms with Gasteiger partial charge in [0.2, 0.25) is 9.84 Å². The number of halogens is 2. The van der Waals surface area contributed by atoms with E-state index in [1.54, 1.807) is 66.4 Å². The van der Waals surface area contributed by atoms with Crippen molar-refractivity contribution in [2.75, 3.05) is 0 Å². The van der Waals surface area contributed by atoms with Gasteiger partial charge >= 0.3 is 0 Å². The van der Waals surface area contributed by atoms with Crippen LogP contribution in [0.15, 0.2) is 138 Å². The second-order valence-corrected chi connectivity index (χ2v) is 11.6. The van der Waals surface area contributed by atoms with Crippen LogP contribution in [0.4, 0.5) is 0 Å². The standard InChI is InChI=1S/C12H9BrO2S.C12H9BrS.C2H4O2.H2O2/c13-10-6-8-12(9-7-10)16(14,15)11-4-2-1-3-5-11;13-10-6-8-12(9-7-10)14-11-4-2-1-3-5-11;1-2(3)4;1-2/h1-9H;1-9H;1H3,(H,3,4);1-2H. The number of carbonyl (C=O) groups is 1. The van der Waals surface area contributed by atoms with Crippen molar-refractivity contribution in [3.63, 3.8) is 0 Å². The zero-order valence-electron chi connectivity index (χ0n) is 19.0. The molecule has 0 heterocycles. The van der Waals surface area contributed by atoms with Gasteiger partial charge in [0.15, 0.2) is 0 Å². The fraction of sp³-hybridized carbons (Fsp3) is 0.0385. The van der Waals surface area contributed by atoms with Crippen molar-refractivity contribution < 1.29 is 28.8 Å². The number of sulfone groups is 1. The Morgan fingerprint density at radius 2 is 0.972 bits per heavy atom. The van der Waals surface area contributed by atoms with Gasteiger partial charge in [0, 0.05) is 25.7 Å². The van der Waals surface area contributed by atoms with Gasteiger partial charge in [-0.1, -0.05) is 80.0 Å². The van der Waals surface area contributed by atoms with Gasteiger partial charge in [0.25, 0.3) is 5.97 Å². The minimum atomic E-state index is -3.38. The molecule has 0 aliphatic heterocycles. The molecule has 0 aliphatic carbocycles. The summed E-state index contributed by atoms with van der Waals surface area (Å²) in [7, 11) is -3.38. The Kier molecular flexibility index (Phi) is 15.0. The van der Waals surface area contributed by atoms with Gasteiger partial charge in [-0.3, -0.25) is 15.3 Å².